The molecule has 0 radical (unpaired) electrons. The first-order chi connectivity index (χ1) is 17.4. The minimum absolute atomic E-state index is 0.946. The molecule has 0 saturated heterocycles. The molecule has 7 aromatic rings. The summed E-state index contributed by atoms with van der Waals surface area (Å²) in [5.74, 6) is 0. The van der Waals surface area contributed by atoms with Crippen molar-refractivity contribution in [3.05, 3.63) is 128 Å². The molecular weight excluding hydrogens is 426 g/mol. The molecule has 0 amide bonds. The highest BCUT2D eigenvalue weighted by atomic mass is 15.0. The van der Waals surface area contributed by atoms with Gasteiger partial charge in [0.15, 0.2) is 0 Å². The number of fused-ring (bicyclic) bond motifs is 4. The SMILES string of the molecule is c1ccc(-c2ncc3cccnc3c2-c2ccc(-n3c4ccccc4c4ccccc43)cc2)cc1. The van der Waals surface area contributed by atoms with Gasteiger partial charge >= 0.3 is 0 Å². The molecule has 0 fully saturated rings. The highest BCUT2D eigenvalue weighted by Gasteiger charge is 2.16. The number of hydrogen-bond donors (Lipinski definition) is 0. The van der Waals surface area contributed by atoms with Crippen LogP contribution in [0.5, 0.6) is 0 Å². The zero-order valence-corrected chi connectivity index (χ0v) is 19.0. The molecule has 0 aliphatic heterocycles. The third-order valence-corrected chi connectivity index (χ3v) is 6.69. The van der Waals surface area contributed by atoms with Crippen molar-refractivity contribution in [3.8, 4) is 28.1 Å². The first-order valence-electron chi connectivity index (χ1n) is 11.8. The lowest BCUT2D eigenvalue weighted by molar-refractivity contribution is 1.18. The fourth-order valence-electron chi connectivity index (χ4n) is 5.11. The standard InChI is InChI=1S/C32H21N3/c1-2-9-23(10-3-1)31-30(32-24(21-34-31)11-8-20-33-32)22-16-18-25(19-17-22)35-28-14-6-4-12-26(28)27-13-5-7-15-29(27)35/h1-21H. The molecule has 3 heterocycles. The van der Waals surface area contributed by atoms with Crippen molar-refractivity contribution in [3.63, 3.8) is 0 Å². The first kappa shape index (κ1) is 19.7. The second kappa shape index (κ2) is 7.93. The molecule has 3 nitrogen and oxygen atoms in total. The van der Waals surface area contributed by atoms with E-state index in [4.69, 9.17) is 9.97 Å². The lowest BCUT2D eigenvalue weighted by Gasteiger charge is -2.14. The molecule has 0 unspecified atom stereocenters. The van der Waals surface area contributed by atoms with Crippen LogP contribution in [0.25, 0.3) is 60.8 Å². The zero-order valence-electron chi connectivity index (χ0n) is 19.0. The third-order valence-electron chi connectivity index (χ3n) is 6.69. The summed E-state index contributed by atoms with van der Waals surface area (Å²) in [5, 5.41) is 3.57. The van der Waals surface area contributed by atoms with Gasteiger partial charge in [-0.05, 0) is 42.0 Å². The maximum atomic E-state index is 4.86. The molecule has 0 saturated carbocycles. The normalized spacial score (nSPS) is 11.4. The van der Waals surface area contributed by atoms with Gasteiger partial charge in [-0.2, -0.15) is 0 Å². The molecule has 0 spiro atoms. The van der Waals surface area contributed by atoms with Crippen molar-refractivity contribution >= 4 is 32.7 Å². The van der Waals surface area contributed by atoms with E-state index in [1.165, 1.54) is 21.8 Å². The molecule has 0 atom stereocenters. The number of rotatable bonds is 3. The quantitative estimate of drug-likeness (QED) is 0.274. The molecular formula is C32H21N3. The number of nitrogens with zero attached hydrogens (tertiary/aromatic N) is 3. The smallest absolute Gasteiger partial charge is 0.0817 e. The van der Waals surface area contributed by atoms with E-state index in [-0.39, 0.29) is 0 Å². The summed E-state index contributed by atoms with van der Waals surface area (Å²) in [6.45, 7) is 0. The Balaban J connectivity index is 1.45. The largest absolute Gasteiger partial charge is 0.309 e. The van der Waals surface area contributed by atoms with Crippen LogP contribution in [-0.4, -0.2) is 14.5 Å². The Morgan fingerprint density at radius 3 is 1.89 bits per heavy atom. The van der Waals surface area contributed by atoms with Crippen molar-refractivity contribution < 1.29 is 0 Å². The molecule has 0 bridgehead atoms. The highest BCUT2D eigenvalue weighted by Crippen LogP contribution is 2.37. The average molecular weight is 448 g/mol. The summed E-state index contributed by atoms with van der Waals surface area (Å²) in [5.41, 5.74) is 8.70. The topological polar surface area (TPSA) is 30.7 Å². The van der Waals surface area contributed by atoms with Crippen LogP contribution in [0.4, 0.5) is 0 Å². The summed E-state index contributed by atoms with van der Waals surface area (Å²) < 4.78 is 2.34. The van der Waals surface area contributed by atoms with Crippen LogP contribution >= 0.6 is 0 Å². The third kappa shape index (κ3) is 3.13. The lowest BCUT2D eigenvalue weighted by Crippen LogP contribution is -1.96. The van der Waals surface area contributed by atoms with Crippen LogP contribution < -0.4 is 0 Å². The zero-order chi connectivity index (χ0) is 23.2. The van der Waals surface area contributed by atoms with Crippen molar-refractivity contribution in [1.29, 1.82) is 0 Å². The molecule has 7 rings (SSSR count). The van der Waals surface area contributed by atoms with Gasteiger partial charge in [0.25, 0.3) is 0 Å². The molecule has 0 N–H and O–H groups in total. The monoisotopic (exact) mass is 447 g/mol. The van der Waals surface area contributed by atoms with Gasteiger partial charge in [-0.15, -0.1) is 0 Å². The maximum absolute atomic E-state index is 4.86. The summed E-state index contributed by atoms with van der Waals surface area (Å²) >= 11 is 0. The van der Waals surface area contributed by atoms with Crippen LogP contribution in [0, 0.1) is 0 Å². The number of hydrogen-bond acceptors (Lipinski definition) is 2. The van der Waals surface area contributed by atoms with Gasteiger partial charge in [0.1, 0.15) is 0 Å². The number of aromatic nitrogens is 3. The number of para-hydroxylation sites is 2. The molecule has 4 aromatic carbocycles. The predicted molar refractivity (Wildman–Crippen MR) is 145 cm³/mol. The van der Waals surface area contributed by atoms with Crippen molar-refractivity contribution in [2.45, 2.75) is 0 Å². The molecule has 0 aliphatic rings. The van der Waals surface area contributed by atoms with Gasteiger partial charge in [-0.1, -0.05) is 78.9 Å². The number of benzene rings is 4. The summed E-state index contributed by atoms with van der Waals surface area (Å²) in [6, 6.07) is 40.3. The second-order valence-corrected chi connectivity index (χ2v) is 8.71. The van der Waals surface area contributed by atoms with E-state index in [0.717, 1.165) is 39.0 Å². The average Bonchev–Trinajstić information content (AvgIpc) is 3.27. The van der Waals surface area contributed by atoms with Gasteiger partial charge < -0.3 is 4.57 Å². The van der Waals surface area contributed by atoms with Crippen molar-refractivity contribution in [1.82, 2.24) is 14.5 Å². The fraction of sp³-hybridized carbons (Fsp3) is 0. The fourth-order valence-corrected chi connectivity index (χ4v) is 5.11. The van der Waals surface area contributed by atoms with E-state index < -0.39 is 0 Å². The minimum atomic E-state index is 0.946. The lowest BCUT2D eigenvalue weighted by atomic mass is 9.96. The van der Waals surface area contributed by atoms with E-state index in [9.17, 15) is 0 Å². The first-order valence-corrected chi connectivity index (χ1v) is 11.8. The highest BCUT2D eigenvalue weighted by molar-refractivity contribution is 6.09. The van der Waals surface area contributed by atoms with E-state index in [1.54, 1.807) is 0 Å². The van der Waals surface area contributed by atoms with Crippen LogP contribution in [0.2, 0.25) is 0 Å². The Hall–Kier alpha value is -4.76. The van der Waals surface area contributed by atoms with E-state index in [1.807, 2.05) is 24.5 Å². The van der Waals surface area contributed by atoms with E-state index >= 15 is 0 Å². The Kier molecular flexibility index (Phi) is 4.46. The van der Waals surface area contributed by atoms with E-state index in [0.29, 0.717) is 0 Å². The van der Waals surface area contributed by atoms with Crippen LogP contribution in [0.1, 0.15) is 0 Å². The maximum Gasteiger partial charge on any atom is 0.0817 e. The van der Waals surface area contributed by atoms with Gasteiger partial charge in [0, 0.05) is 45.4 Å². The van der Waals surface area contributed by atoms with Gasteiger partial charge in [0.2, 0.25) is 0 Å². The summed E-state index contributed by atoms with van der Waals surface area (Å²) in [4.78, 5) is 9.62. The second-order valence-electron chi connectivity index (χ2n) is 8.71. The molecule has 3 aromatic heterocycles. The van der Waals surface area contributed by atoms with Crippen LogP contribution in [0.3, 0.4) is 0 Å². The minimum Gasteiger partial charge on any atom is -0.309 e. The molecule has 35 heavy (non-hydrogen) atoms. The molecule has 164 valence electrons. The Labute approximate surface area is 203 Å². The van der Waals surface area contributed by atoms with Crippen LogP contribution in [0.15, 0.2) is 128 Å². The van der Waals surface area contributed by atoms with Crippen molar-refractivity contribution in [2.75, 3.05) is 0 Å². The number of pyridine rings is 2. The van der Waals surface area contributed by atoms with Gasteiger partial charge in [-0.25, -0.2) is 0 Å². The van der Waals surface area contributed by atoms with Gasteiger partial charge in [-0.3, -0.25) is 9.97 Å². The summed E-state index contributed by atoms with van der Waals surface area (Å²) in [6.07, 6.45) is 3.77. The van der Waals surface area contributed by atoms with Crippen LogP contribution in [-0.2, 0) is 0 Å². The molecule has 3 heteroatoms. The Morgan fingerprint density at radius 1 is 0.514 bits per heavy atom. The Morgan fingerprint density at radius 2 is 1.17 bits per heavy atom. The summed E-state index contributed by atoms with van der Waals surface area (Å²) in [7, 11) is 0. The van der Waals surface area contributed by atoms with Crippen molar-refractivity contribution in [2.24, 2.45) is 0 Å². The van der Waals surface area contributed by atoms with Gasteiger partial charge in [0.05, 0.1) is 22.2 Å². The van der Waals surface area contributed by atoms with E-state index in [2.05, 4.69) is 108 Å². The molecule has 0 aliphatic carbocycles. The predicted octanol–water partition coefficient (Wildman–Crippen LogP) is 8.06. The Bertz CT molecular complexity index is 1780.